The van der Waals surface area contributed by atoms with Crippen molar-refractivity contribution in [2.75, 3.05) is 13.1 Å². The van der Waals surface area contributed by atoms with Gasteiger partial charge in [-0.05, 0) is 30.2 Å². The minimum atomic E-state index is -0.716. The number of hydrogen-bond donors (Lipinski definition) is 0. The first kappa shape index (κ1) is 21.9. The average molecular weight is 470 g/mol. The summed E-state index contributed by atoms with van der Waals surface area (Å²) in [6.07, 6.45) is 4.38. The van der Waals surface area contributed by atoms with Gasteiger partial charge < -0.3 is 9.64 Å². The summed E-state index contributed by atoms with van der Waals surface area (Å²) in [7, 11) is 1.79. The Balaban J connectivity index is 1.24. The molecule has 2 aliphatic rings. The summed E-state index contributed by atoms with van der Waals surface area (Å²) in [6.45, 7) is 2.32. The van der Waals surface area contributed by atoms with Crippen LogP contribution in [-0.2, 0) is 7.05 Å². The highest BCUT2D eigenvalue weighted by Crippen LogP contribution is 2.32. The van der Waals surface area contributed by atoms with Crippen LogP contribution in [0.2, 0.25) is 0 Å². The number of nitrogens with zero attached hydrogens (tertiary/aromatic N) is 6. The highest BCUT2D eigenvalue weighted by atomic mass is 19.1. The van der Waals surface area contributed by atoms with E-state index in [-0.39, 0.29) is 18.8 Å². The Labute approximate surface area is 193 Å². The van der Waals surface area contributed by atoms with Crippen molar-refractivity contribution in [1.29, 1.82) is 0 Å². The zero-order chi connectivity index (χ0) is 24.0. The predicted octanol–water partition coefficient (Wildman–Crippen LogP) is 3.82. The van der Waals surface area contributed by atoms with Crippen LogP contribution in [0.1, 0.15) is 23.6 Å². The summed E-state index contributed by atoms with van der Waals surface area (Å²) in [6, 6.07) is 3.65. The Morgan fingerprint density at radius 1 is 1.12 bits per heavy atom. The molecule has 0 bridgehead atoms. The van der Waals surface area contributed by atoms with E-state index in [9.17, 15) is 18.0 Å². The number of aryl methyl sites for hydroxylation is 2. The lowest BCUT2D eigenvalue weighted by Gasteiger charge is -2.41. The molecule has 1 saturated heterocycles. The van der Waals surface area contributed by atoms with Crippen LogP contribution in [-0.4, -0.2) is 56.1 Å². The van der Waals surface area contributed by atoms with Gasteiger partial charge >= 0.3 is 6.03 Å². The maximum atomic E-state index is 14.3. The standard InChI is InChI=1S/C23H21F3N6O2/c1-13-10-30(2)29-22(13)19-8-21(18(26)9-27-19)34-17-11-31(12-17)23(33)32-20(3-4-28-32)14-5-15(24)7-16(25)6-14/h4-10,17,20H,3,11-12H2,1-2H3. The molecule has 0 N–H and O–H groups in total. The van der Waals surface area contributed by atoms with Crippen LogP contribution in [0.5, 0.6) is 5.75 Å². The molecular weight excluding hydrogens is 449 g/mol. The van der Waals surface area contributed by atoms with Gasteiger partial charge in [-0.3, -0.25) is 9.67 Å². The highest BCUT2D eigenvalue weighted by Gasteiger charge is 2.39. The number of likely N-dealkylation sites (tertiary alicyclic amines) is 1. The molecule has 3 aromatic rings. The van der Waals surface area contributed by atoms with Crippen LogP contribution in [0.4, 0.5) is 18.0 Å². The van der Waals surface area contributed by atoms with Crippen molar-refractivity contribution in [3.63, 3.8) is 0 Å². The summed E-state index contributed by atoms with van der Waals surface area (Å²) >= 11 is 0. The summed E-state index contributed by atoms with van der Waals surface area (Å²) < 4.78 is 49.1. The number of halogens is 3. The normalized spacial score (nSPS) is 17.9. The topological polar surface area (TPSA) is 75.8 Å². The second-order valence-corrected chi connectivity index (χ2v) is 8.36. The van der Waals surface area contributed by atoms with Gasteiger partial charge in [-0.2, -0.15) is 10.2 Å². The molecule has 1 atom stereocenters. The van der Waals surface area contributed by atoms with Crippen LogP contribution >= 0.6 is 0 Å². The Kier molecular flexibility index (Phi) is 5.46. The van der Waals surface area contributed by atoms with E-state index >= 15 is 0 Å². The van der Waals surface area contributed by atoms with Gasteiger partial charge in [0.1, 0.15) is 23.4 Å². The van der Waals surface area contributed by atoms with Crippen molar-refractivity contribution in [3.05, 3.63) is 65.2 Å². The molecule has 4 heterocycles. The molecule has 8 nitrogen and oxygen atoms in total. The minimum absolute atomic E-state index is 0.0273. The number of benzene rings is 1. The third kappa shape index (κ3) is 4.09. The lowest BCUT2D eigenvalue weighted by Crippen LogP contribution is -2.58. The molecule has 1 aromatic carbocycles. The largest absolute Gasteiger partial charge is 0.483 e. The van der Waals surface area contributed by atoms with Gasteiger partial charge in [-0.15, -0.1) is 0 Å². The maximum absolute atomic E-state index is 14.3. The van der Waals surface area contributed by atoms with Gasteiger partial charge in [0.25, 0.3) is 0 Å². The highest BCUT2D eigenvalue weighted by molar-refractivity contribution is 5.79. The fraction of sp³-hybridized carbons (Fsp3) is 0.304. The van der Waals surface area contributed by atoms with E-state index in [0.717, 1.165) is 17.8 Å². The van der Waals surface area contributed by atoms with Gasteiger partial charge in [-0.1, -0.05) is 0 Å². The van der Waals surface area contributed by atoms with E-state index in [1.807, 2.05) is 13.1 Å². The maximum Gasteiger partial charge on any atom is 0.341 e. The molecule has 0 spiro atoms. The monoisotopic (exact) mass is 470 g/mol. The smallest absolute Gasteiger partial charge is 0.341 e. The quantitative estimate of drug-likeness (QED) is 0.581. The molecule has 34 heavy (non-hydrogen) atoms. The number of ether oxygens (including phenoxy) is 1. The zero-order valence-electron chi connectivity index (χ0n) is 18.5. The van der Waals surface area contributed by atoms with Crippen molar-refractivity contribution in [3.8, 4) is 17.1 Å². The van der Waals surface area contributed by atoms with Crippen LogP contribution in [0.15, 0.2) is 41.8 Å². The lowest BCUT2D eigenvalue weighted by molar-refractivity contribution is 0.0256. The van der Waals surface area contributed by atoms with Crippen LogP contribution in [0.25, 0.3) is 11.4 Å². The number of carbonyl (C=O) groups excluding carboxylic acids is 1. The zero-order valence-corrected chi connectivity index (χ0v) is 18.5. The van der Waals surface area contributed by atoms with Crippen LogP contribution < -0.4 is 4.74 Å². The first-order chi connectivity index (χ1) is 16.3. The summed E-state index contributed by atoms with van der Waals surface area (Å²) in [5.74, 6) is -2.02. The van der Waals surface area contributed by atoms with Crippen LogP contribution in [0.3, 0.4) is 0 Å². The van der Waals surface area contributed by atoms with Gasteiger partial charge in [0.2, 0.25) is 0 Å². The minimum Gasteiger partial charge on any atom is -0.483 e. The summed E-state index contributed by atoms with van der Waals surface area (Å²) in [5, 5.41) is 9.64. The van der Waals surface area contributed by atoms with Crippen molar-refractivity contribution in [1.82, 2.24) is 24.7 Å². The fourth-order valence-electron chi connectivity index (χ4n) is 4.14. The summed E-state index contributed by atoms with van der Waals surface area (Å²) in [4.78, 5) is 18.5. The van der Waals surface area contributed by atoms with E-state index in [1.54, 1.807) is 11.7 Å². The molecule has 0 saturated carbocycles. The Bertz CT molecular complexity index is 1270. The molecule has 176 valence electrons. The van der Waals surface area contributed by atoms with Gasteiger partial charge in [-0.25, -0.2) is 23.0 Å². The molecule has 11 heteroatoms. The second-order valence-electron chi connectivity index (χ2n) is 8.36. The van der Waals surface area contributed by atoms with Crippen LogP contribution in [0, 0.1) is 24.4 Å². The number of hydrogen-bond acceptors (Lipinski definition) is 5. The number of urea groups is 1. The van der Waals surface area contributed by atoms with Crippen molar-refractivity contribution >= 4 is 12.2 Å². The molecule has 2 amide bonds. The Morgan fingerprint density at radius 2 is 1.85 bits per heavy atom. The second kappa shape index (κ2) is 8.47. The van der Waals surface area contributed by atoms with E-state index in [4.69, 9.17) is 4.74 Å². The molecule has 2 aromatic heterocycles. The van der Waals surface area contributed by atoms with E-state index in [0.29, 0.717) is 23.4 Å². The number of amides is 2. The van der Waals surface area contributed by atoms with Gasteiger partial charge in [0, 0.05) is 38.0 Å². The van der Waals surface area contributed by atoms with Crippen molar-refractivity contribution < 1.29 is 22.7 Å². The molecule has 0 radical (unpaired) electrons. The molecule has 0 aliphatic carbocycles. The molecule has 1 unspecified atom stereocenters. The van der Waals surface area contributed by atoms with E-state index in [2.05, 4.69) is 15.2 Å². The van der Waals surface area contributed by atoms with E-state index in [1.165, 1.54) is 34.3 Å². The Hall–Kier alpha value is -3.89. The molecule has 1 fully saturated rings. The first-order valence-electron chi connectivity index (χ1n) is 10.7. The summed E-state index contributed by atoms with van der Waals surface area (Å²) in [5.41, 5.74) is 2.34. The third-order valence-electron chi connectivity index (χ3n) is 5.78. The number of carbonyl (C=O) groups is 1. The Morgan fingerprint density at radius 3 is 2.53 bits per heavy atom. The molecule has 2 aliphatic heterocycles. The van der Waals surface area contributed by atoms with E-state index < -0.39 is 35.6 Å². The van der Waals surface area contributed by atoms with Gasteiger partial charge in [0.05, 0.1) is 31.0 Å². The van der Waals surface area contributed by atoms with Crippen molar-refractivity contribution in [2.24, 2.45) is 12.1 Å². The number of aromatic nitrogens is 3. The molecular formula is C23H21F3N6O2. The number of pyridine rings is 1. The number of hydrazone groups is 1. The number of rotatable bonds is 4. The lowest BCUT2D eigenvalue weighted by atomic mass is 10.0. The fourth-order valence-corrected chi connectivity index (χ4v) is 4.14. The third-order valence-corrected chi connectivity index (χ3v) is 5.78. The average Bonchev–Trinajstić information content (AvgIpc) is 3.37. The first-order valence-corrected chi connectivity index (χ1v) is 10.7. The predicted molar refractivity (Wildman–Crippen MR) is 117 cm³/mol. The van der Waals surface area contributed by atoms with Crippen molar-refractivity contribution in [2.45, 2.75) is 25.5 Å². The molecule has 5 rings (SSSR count). The SMILES string of the molecule is Cc1cn(C)nc1-c1cc(OC2CN(C(=O)N3N=CCC3c3cc(F)cc(F)c3)C2)c(F)cn1. The van der Waals surface area contributed by atoms with Gasteiger partial charge in [0.15, 0.2) is 11.6 Å².